The summed E-state index contributed by atoms with van der Waals surface area (Å²) in [6.07, 6.45) is 3.10. The van der Waals surface area contributed by atoms with Crippen LogP contribution in [0.1, 0.15) is 39.2 Å². The first-order valence-corrected chi connectivity index (χ1v) is 7.49. The number of nitrogens with zero attached hydrogens (tertiary/aromatic N) is 1. The van der Waals surface area contributed by atoms with E-state index in [4.69, 9.17) is 5.73 Å². The lowest BCUT2D eigenvalue weighted by molar-refractivity contribution is -0.135. The molecule has 1 aliphatic rings. The Morgan fingerprint density at radius 3 is 2.60 bits per heavy atom. The van der Waals surface area contributed by atoms with E-state index in [0.29, 0.717) is 6.04 Å². The maximum absolute atomic E-state index is 12.6. The summed E-state index contributed by atoms with van der Waals surface area (Å²) < 4.78 is 0. The molecule has 1 saturated heterocycles. The smallest absolute Gasteiger partial charge is 0.240 e. The van der Waals surface area contributed by atoms with Gasteiger partial charge in [0, 0.05) is 12.6 Å². The number of amides is 1. The van der Waals surface area contributed by atoms with E-state index in [2.05, 4.69) is 24.3 Å². The predicted molar refractivity (Wildman–Crippen MR) is 82.3 cm³/mol. The number of hydrogen-bond acceptors (Lipinski definition) is 2. The molecule has 1 heterocycles. The lowest BCUT2D eigenvalue weighted by Gasteiger charge is -2.33. The molecule has 1 fully saturated rings. The highest BCUT2D eigenvalue weighted by Gasteiger charge is 2.36. The summed E-state index contributed by atoms with van der Waals surface area (Å²) in [5.41, 5.74) is 7.25. The third kappa shape index (κ3) is 3.40. The lowest BCUT2D eigenvalue weighted by Crippen LogP contribution is -2.52. The summed E-state index contributed by atoms with van der Waals surface area (Å²) in [6, 6.07) is 10.3. The molecule has 0 bridgehead atoms. The predicted octanol–water partition coefficient (Wildman–Crippen LogP) is 2.59. The van der Waals surface area contributed by atoms with Gasteiger partial charge in [-0.3, -0.25) is 4.79 Å². The molecule has 20 heavy (non-hydrogen) atoms. The van der Waals surface area contributed by atoms with Gasteiger partial charge in [-0.15, -0.1) is 0 Å². The third-order valence-electron chi connectivity index (χ3n) is 4.17. The Morgan fingerprint density at radius 1 is 1.35 bits per heavy atom. The van der Waals surface area contributed by atoms with Gasteiger partial charge in [0.1, 0.15) is 0 Å². The van der Waals surface area contributed by atoms with Gasteiger partial charge in [-0.2, -0.15) is 0 Å². The Kier molecular flexibility index (Phi) is 4.48. The maximum Gasteiger partial charge on any atom is 0.240 e. The van der Waals surface area contributed by atoms with E-state index >= 15 is 0 Å². The van der Waals surface area contributed by atoms with Crippen molar-refractivity contribution in [3.63, 3.8) is 0 Å². The minimum atomic E-state index is -0.418. The molecular formula is C17H26N2O. The summed E-state index contributed by atoms with van der Waals surface area (Å²) in [6.45, 7) is 6.92. The zero-order chi connectivity index (χ0) is 14.8. The molecule has 0 spiro atoms. The van der Waals surface area contributed by atoms with Gasteiger partial charge in [0.25, 0.3) is 0 Å². The highest BCUT2D eigenvalue weighted by Crippen LogP contribution is 2.26. The minimum absolute atomic E-state index is 0.107. The van der Waals surface area contributed by atoms with Crippen LogP contribution in [0.2, 0.25) is 0 Å². The summed E-state index contributed by atoms with van der Waals surface area (Å²) in [4.78, 5) is 14.6. The van der Waals surface area contributed by atoms with Crippen molar-refractivity contribution in [2.45, 2.75) is 52.1 Å². The molecule has 0 aromatic heterocycles. The average Bonchev–Trinajstić information content (AvgIpc) is 2.85. The van der Waals surface area contributed by atoms with Crippen molar-refractivity contribution in [3.05, 3.63) is 35.9 Å². The highest BCUT2D eigenvalue weighted by molar-refractivity contribution is 5.83. The van der Waals surface area contributed by atoms with Gasteiger partial charge in [-0.1, -0.05) is 51.1 Å². The van der Waals surface area contributed by atoms with E-state index < -0.39 is 6.04 Å². The average molecular weight is 274 g/mol. The van der Waals surface area contributed by atoms with Gasteiger partial charge in [0.15, 0.2) is 0 Å². The maximum atomic E-state index is 12.6. The van der Waals surface area contributed by atoms with Crippen molar-refractivity contribution < 1.29 is 4.79 Å². The van der Waals surface area contributed by atoms with Crippen LogP contribution in [0.3, 0.4) is 0 Å². The second-order valence-corrected chi connectivity index (χ2v) is 6.86. The molecular weight excluding hydrogens is 248 g/mol. The standard InChI is InChI=1S/C17H26N2O/c1-17(2,3)15(18)16(20)19-11-7-10-14(19)12-13-8-5-4-6-9-13/h4-6,8-9,14-15H,7,10-12,18H2,1-3H3. The third-order valence-corrected chi connectivity index (χ3v) is 4.17. The Morgan fingerprint density at radius 2 is 2.00 bits per heavy atom. The Labute approximate surface area is 122 Å². The van der Waals surface area contributed by atoms with Crippen LogP contribution < -0.4 is 5.73 Å². The Hall–Kier alpha value is -1.35. The fraction of sp³-hybridized carbons (Fsp3) is 0.588. The molecule has 1 aromatic rings. The van der Waals surface area contributed by atoms with Gasteiger partial charge in [0.2, 0.25) is 5.91 Å². The van der Waals surface area contributed by atoms with Crippen LogP contribution in [0.4, 0.5) is 0 Å². The quantitative estimate of drug-likeness (QED) is 0.921. The van der Waals surface area contributed by atoms with Crippen molar-refractivity contribution in [1.29, 1.82) is 0 Å². The molecule has 0 radical (unpaired) electrons. The molecule has 2 unspecified atom stereocenters. The van der Waals surface area contributed by atoms with E-state index in [-0.39, 0.29) is 11.3 Å². The normalized spacial score (nSPS) is 21.0. The second-order valence-electron chi connectivity index (χ2n) is 6.86. The van der Waals surface area contributed by atoms with Crippen LogP contribution in [0.5, 0.6) is 0 Å². The number of carbonyl (C=O) groups excluding carboxylic acids is 1. The first kappa shape index (κ1) is 15.0. The van der Waals surface area contributed by atoms with E-state index in [0.717, 1.165) is 25.8 Å². The van der Waals surface area contributed by atoms with Crippen molar-refractivity contribution >= 4 is 5.91 Å². The van der Waals surface area contributed by atoms with Crippen LogP contribution in [0.15, 0.2) is 30.3 Å². The van der Waals surface area contributed by atoms with Crippen LogP contribution in [0.25, 0.3) is 0 Å². The summed E-state index contributed by atoms with van der Waals surface area (Å²) in [5, 5.41) is 0. The lowest BCUT2D eigenvalue weighted by atomic mass is 9.86. The van der Waals surface area contributed by atoms with Crippen molar-refractivity contribution in [2.75, 3.05) is 6.54 Å². The van der Waals surface area contributed by atoms with Crippen LogP contribution in [-0.2, 0) is 11.2 Å². The molecule has 110 valence electrons. The van der Waals surface area contributed by atoms with E-state index in [1.165, 1.54) is 5.56 Å². The van der Waals surface area contributed by atoms with Gasteiger partial charge >= 0.3 is 0 Å². The summed E-state index contributed by atoms with van der Waals surface area (Å²) in [7, 11) is 0. The molecule has 3 nitrogen and oxygen atoms in total. The molecule has 1 aliphatic heterocycles. The van der Waals surface area contributed by atoms with E-state index in [1.54, 1.807) is 0 Å². The van der Waals surface area contributed by atoms with Crippen LogP contribution in [-0.4, -0.2) is 29.4 Å². The first-order valence-electron chi connectivity index (χ1n) is 7.49. The van der Waals surface area contributed by atoms with Crippen LogP contribution >= 0.6 is 0 Å². The number of nitrogens with two attached hydrogens (primary N) is 1. The number of likely N-dealkylation sites (tertiary alicyclic amines) is 1. The molecule has 1 amide bonds. The summed E-state index contributed by atoms with van der Waals surface area (Å²) >= 11 is 0. The molecule has 3 heteroatoms. The molecule has 2 rings (SSSR count). The second kappa shape index (κ2) is 5.96. The monoisotopic (exact) mass is 274 g/mol. The molecule has 2 N–H and O–H groups in total. The van der Waals surface area contributed by atoms with E-state index in [1.807, 2.05) is 31.7 Å². The van der Waals surface area contributed by atoms with Crippen molar-refractivity contribution in [2.24, 2.45) is 11.1 Å². The van der Waals surface area contributed by atoms with Crippen molar-refractivity contribution in [1.82, 2.24) is 4.90 Å². The van der Waals surface area contributed by atoms with Crippen molar-refractivity contribution in [3.8, 4) is 0 Å². The molecule has 0 aliphatic carbocycles. The largest absolute Gasteiger partial charge is 0.338 e. The van der Waals surface area contributed by atoms with Crippen LogP contribution in [0, 0.1) is 5.41 Å². The fourth-order valence-electron chi connectivity index (χ4n) is 2.77. The van der Waals surface area contributed by atoms with Gasteiger partial charge in [-0.05, 0) is 30.2 Å². The van der Waals surface area contributed by atoms with E-state index in [9.17, 15) is 4.79 Å². The highest BCUT2D eigenvalue weighted by atomic mass is 16.2. The molecule has 0 saturated carbocycles. The van der Waals surface area contributed by atoms with Gasteiger partial charge < -0.3 is 10.6 Å². The summed E-state index contributed by atoms with van der Waals surface area (Å²) in [5.74, 6) is 0.107. The minimum Gasteiger partial charge on any atom is -0.338 e. The Bertz CT molecular complexity index is 450. The SMILES string of the molecule is CC(C)(C)C(N)C(=O)N1CCCC1Cc1ccccc1. The number of carbonyl (C=O) groups is 1. The zero-order valence-electron chi connectivity index (χ0n) is 12.8. The number of rotatable bonds is 3. The first-order chi connectivity index (χ1) is 9.39. The zero-order valence-corrected chi connectivity index (χ0v) is 12.8. The molecule has 1 aromatic carbocycles. The number of hydrogen-bond donors (Lipinski definition) is 1. The fourth-order valence-corrected chi connectivity index (χ4v) is 2.77. The Balaban J connectivity index is 2.06. The topological polar surface area (TPSA) is 46.3 Å². The number of benzene rings is 1. The van der Waals surface area contributed by atoms with Gasteiger partial charge in [-0.25, -0.2) is 0 Å². The molecule has 2 atom stereocenters. The van der Waals surface area contributed by atoms with Gasteiger partial charge in [0.05, 0.1) is 6.04 Å².